The molecule has 0 radical (unpaired) electrons. The van der Waals surface area contributed by atoms with E-state index >= 15 is 0 Å². The lowest BCUT2D eigenvalue weighted by molar-refractivity contribution is -0.121. The van der Waals surface area contributed by atoms with E-state index in [-0.39, 0.29) is 19.1 Å². The molecule has 0 saturated heterocycles. The Hall–Kier alpha value is -2.31. The number of nitrogens with one attached hydrogen (secondary N) is 2. The van der Waals surface area contributed by atoms with Crippen LogP contribution in [0.3, 0.4) is 0 Å². The van der Waals surface area contributed by atoms with Gasteiger partial charge in [0, 0.05) is 12.1 Å². The number of amides is 1. The minimum absolute atomic E-state index is 0.196. The van der Waals surface area contributed by atoms with Crippen molar-refractivity contribution in [1.82, 2.24) is 9.97 Å². The predicted molar refractivity (Wildman–Crippen MR) is 68.5 cm³/mol. The molecular formula is C13H12FN3O3. The largest absolute Gasteiger partial charge is 0.454 e. The summed E-state index contributed by atoms with van der Waals surface area (Å²) < 4.78 is 23.7. The number of halogens is 1. The van der Waals surface area contributed by atoms with Gasteiger partial charge in [-0.3, -0.25) is 10.1 Å². The van der Waals surface area contributed by atoms with Crippen molar-refractivity contribution in [2.24, 2.45) is 5.41 Å². The monoisotopic (exact) mass is 277 g/mol. The van der Waals surface area contributed by atoms with Crippen LogP contribution in [0.5, 0.6) is 11.5 Å². The van der Waals surface area contributed by atoms with E-state index in [1.807, 2.05) is 0 Å². The van der Waals surface area contributed by atoms with Gasteiger partial charge in [0.25, 0.3) is 0 Å². The molecule has 6 nitrogen and oxygen atoms in total. The molecule has 1 aromatic carbocycles. The number of carbonyl (C=O) groups excluding carboxylic acids is 1. The van der Waals surface area contributed by atoms with Crippen molar-refractivity contribution < 1.29 is 18.7 Å². The van der Waals surface area contributed by atoms with Crippen LogP contribution in [0.15, 0.2) is 12.1 Å². The molecule has 1 amide bonds. The third kappa shape index (κ3) is 1.55. The summed E-state index contributed by atoms with van der Waals surface area (Å²) in [6.07, 6.45) is -0.813. The van der Waals surface area contributed by atoms with Crippen molar-refractivity contribution in [3.05, 3.63) is 12.1 Å². The van der Waals surface area contributed by atoms with Gasteiger partial charge in [-0.05, 0) is 13.3 Å². The summed E-state index contributed by atoms with van der Waals surface area (Å²) in [4.78, 5) is 19.1. The fourth-order valence-electron chi connectivity index (χ4n) is 2.26. The number of benzene rings is 1. The highest BCUT2D eigenvalue weighted by Gasteiger charge is 2.57. The summed E-state index contributed by atoms with van der Waals surface area (Å²) in [5, 5.41) is 2.61. The number of hydrogen-bond donors (Lipinski definition) is 2. The summed E-state index contributed by atoms with van der Waals surface area (Å²) in [7, 11) is 0. The lowest BCUT2D eigenvalue weighted by Gasteiger charge is -2.06. The normalized spacial score (nSPS) is 26.8. The maximum atomic E-state index is 13.2. The Balaban J connectivity index is 1.63. The van der Waals surface area contributed by atoms with Crippen LogP contribution in [0.2, 0.25) is 0 Å². The third-order valence-electron chi connectivity index (χ3n) is 3.86. The number of rotatable bonds is 2. The Morgan fingerprint density at radius 3 is 2.90 bits per heavy atom. The topological polar surface area (TPSA) is 76.2 Å². The number of nitrogens with zero attached hydrogens (tertiary/aromatic N) is 1. The van der Waals surface area contributed by atoms with Gasteiger partial charge in [0.1, 0.15) is 6.17 Å². The van der Waals surface area contributed by atoms with Crippen LogP contribution in [-0.4, -0.2) is 28.8 Å². The van der Waals surface area contributed by atoms with Crippen LogP contribution in [0.4, 0.5) is 10.3 Å². The Kier molecular flexibility index (Phi) is 2.08. The van der Waals surface area contributed by atoms with Crippen molar-refractivity contribution in [2.75, 3.05) is 12.1 Å². The van der Waals surface area contributed by atoms with Crippen LogP contribution in [-0.2, 0) is 4.79 Å². The number of aromatic amines is 1. The van der Waals surface area contributed by atoms with Gasteiger partial charge in [0.05, 0.1) is 16.4 Å². The van der Waals surface area contributed by atoms with Gasteiger partial charge in [-0.2, -0.15) is 0 Å². The highest BCUT2D eigenvalue weighted by Crippen LogP contribution is 2.48. The molecule has 2 heterocycles. The Morgan fingerprint density at radius 1 is 1.50 bits per heavy atom. The van der Waals surface area contributed by atoms with Crippen molar-refractivity contribution >= 4 is 22.9 Å². The first-order valence-corrected chi connectivity index (χ1v) is 6.31. The van der Waals surface area contributed by atoms with Crippen molar-refractivity contribution in [3.63, 3.8) is 0 Å². The van der Waals surface area contributed by atoms with E-state index in [1.54, 1.807) is 19.1 Å². The zero-order chi connectivity index (χ0) is 13.9. The Labute approximate surface area is 113 Å². The molecule has 2 N–H and O–H groups in total. The smallest absolute Gasteiger partial charge is 0.235 e. The average Bonchev–Trinajstić information content (AvgIpc) is 2.81. The zero-order valence-electron chi connectivity index (χ0n) is 10.7. The maximum Gasteiger partial charge on any atom is 0.235 e. The highest BCUT2D eigenvalue weighted by atomic mass is 19.1. The summed E-state index contributed by atoms with van der Waals surface area (Å²) in [6, 6.07) is 3.50. The molecular weight excluding hydrogens is 265 g/mol. The molecule has 4 rings (SSSR count). The van der Waals surface area contributed by atoms with E-state index in [1.165, 1.54) is 0 Å². The molecule has 2 unspecified atom stereocenters. The van der Waals surface area contributed by atoms with Crippen LogP contribution in [0.1, 0.15) is 13.3 Å². The minimum atomic E-state index is -1.07. The molecule has 7 heteroatoms. The van der Waals surface area contributed by atoms with E-state index in [2.05, 4.69) is 15.3 Å². The fourth-order valence-corrected chi connectivity index (χ4v) is 2.26. The van der Waals surface area contributed by atoms with Crippen LogP contribution in [0, 0.1) is 5.41 Å². The number of ether oxygens (including phenoxy) is 2. The average molecular weight is 277 g/mol. The van der Waals surface area contributed by atoms with E-state index in [9.17, 15) is 9.18 Å². The van der Waals surface area contributed by atoms with E-state index in [4.69, 9.17) is 9.47 Å². The number of imidazole rings is 1. The van der Waals surface area contributed by atoms with Gasteiger partial charge in [0.2, 0.25) is 18.6 Å². The summed E-state index contributed by atoms with van der Waals surface area (Å²) in [6.45, 7) is 1.80. The molecule has 1 fully saturated rings. The second-order valence-corrected chi connectivity index (χ2v) is 5.35. The standard InChI is InChI=1S/C13H12FN3O3/c1-13(4-10(13)14)11(18)17-12-15-6-2-8-9(20-5-19-8)3-7(6)16-12/h2-3,10H,4-5H2,1H3,(H2,15,16,17,18). The first kappa shape index (κ1) is 11.5. The molecule has 104 valence electrons. The molecule has 20 heavy (non-hydrogen) atoms. The second kappa shape index (κ2) is 3.62. The van der Waals surface area contributed by atoms with Gasteiger partial charge < -0.3 is 14.5 Å². The quantitative estimate of drug-likeness (QED) is 0.880. The van der Waals surface area contributed by atoms with E-state index < -0.39 is 11.6 Å². The fraction of sp³-hybridized carbons (Fsp3) is 0.385. The first-order chi connectivity index (χ1) is 9.56. The van der Waals surface area contributed by atoms with Gasteiger partial charge in [0.15, 0.2) is 11.5 Å². The number of fused-ring (bicyclic) bond motifs is 2. The lowest BCUT2D eigenvalue weighted by Crippen LogP contribution is -2.24. The van der Waals surface area contributed by atoms with Crippen LogP contribution >= 0.6 is 0 Å². The third-order valence-corrected chi connectivity index (χ3v) is 3.86. The number of hydrogen-bond acceptors (Lipinski definition) is 4. The van der Waals surface area contributed by atoms with Crippen LogP contribution < -0.4 is 14.8 Å². The number of aromatic nitrogens is 2. The molecule has 1 saturated carbocycles. The van der Waals surface area contributed by atoms with Gasteiger partial charge in [-0.1, -0.05) is 0 Å². The van der Waals surface area contributed by atoms with E-state index in [0.29, 0.717) is 23.0 Å². The molecule has 1 aliphatic carbocycles. The molecule has 2 atom stereocenters. The summed E-state index contributed by atoms with van der Waals surface area (Å²) in [5.74, 6) is 1.20. The number of alkyl halides is 1. The number of carbonyl (C=O) groups is 1. The van der Waals surface area contributed by atoms with Gasteiger partial charge in [-0.15, -0.1) is 0 Å². The molecule has 1 aromatic heterocycles. The lowest BCUT2D eigenvalue weighted by atomic mass is 10.1. The molecule has 0 bridgehead atoms. The summed E-state index contributed by atoms with van der Waals surface area (Å²) >= 11 is 0. The van der Waals surface area contributed by atoms with Crippen molar-refractivity contribution in [1.29, 1.82) is 0 Å². The Morgan fingerprint density at radius 2 is 2.20 bits per heavy atom. The predicted octanol–water partition coefficient (Wildman–Crippen LogP) is 1.98. The number of anilines is 1. The summed E-state index contributed by atoms with van der Waals surface area (Å²) in [5.41, 5.74) is 0.456. The van der Waals surface area contributed by atoms with Crippen LogP contribution in [0.25, 0.3) is 11.0 Å². The highest BCUT2D eigenvalue weighted by molar-refractivity contribution is 5.97. The molecule has 2 aromatic rings. The molecule has 0 spiro atoms. The first-order valence-electron chi connectivity index (χ1n) is 6.31. The van der Waals surface area contributed by atoms with E-state index in [0.717, 1.165) is 5.52 Å². The second-order valence-electron chi connectivity index (χ2n) is 5.35. The zero-order valence-corrected chi connectivity index (χ0v) is 10.7. The minimum Gasteiger partial charge on any atom is -0.454 e. The van der Waals surface area contributed by atoms with Crippen molar-refractivity contribution in [3.8, 4) is 11.5 Å². The van der Waals surface area contributed by atoms with Gasteiger partial charge in [-0.25, -0.2) is 9.37 Å². The van der Waals surface area contributed by atoms with Gasteiger partial charge >= 0.3 is 0 Å². The SMILES string of the molecule is CC1(C(=O)Nc2nc3cc4c(cc3[nH]2)OCO4)CC1F. The Bertz CT molecular complexity index is 688. The van der Waals surface area contributed by atoms with Crippen molar-refractivity contribution in [2.45, 2.75) is 19.5 Å². The molecule has 1 aliphatic heterocycles. The number of H-pyrrole nitrogens is 1. The molecule has 2 aliphatic rings. The maximum absolute atomic E-state index is 13.2.